The Bertz CT molecular complexity index is 1170. The van der Waals surface area contributed by atoms with Gasteiger partial charge in [0.15, 0.2) is 0 Å². The number of para-hydroxylation sites is 1. The molecule has 0 spiro atoms. The molecule has 0 saturated heterocycles. The minimum atomic E-state index is -0.644. The van der Waals surface area contributed by atoms with Crippen LogP contribution < -0.4 is 4.74 Å². The van der Waals surface area contributed by atoms with E-state index in [2.05, 4.69) is 18.7 Å². The van der Waals surface area contributed by atoms with Crippen molar-refractivity contribution in [3.05, 3.63) is 90.4 Å². The Kier molecular flexibility index (Phi) is 8.95. The van der Waals surface area contributed by atoms with Crippen LogP contribution in [0.15, 0.2) is 83.5 Å². The van der Waals surface area contributed by atoms with Crippen LogP contribution in [0.25, 0.3) is 11.3 Å². The van der Waals surface area contributed by atoms with Crippen LogP contribution >= 0.6 is 0 Å². The molecule has 0 fully saturated rings. The van der Waals surface area contributed by atoms with Crippen molar-refractivity contribution < 1.29 is 19.0 Å². The number of hydrogen-bond acceptors (Lipinski definition) is 6. The Labute approximate surface area is 212 Å². The van der Waals surface area contributed by atoms with Gasteiger partial charge in [0.05, 0.1) is 31.1 Å². The third-order valence-electron chi connectivity index (χ3n) is 5.66. The van der Waals surface area contributed by atoms with E-state index in [9.17, 15) is 5.11 Å². The number of rotatable bonds is 13. The molecule has 36 heavy (non-hydrogen) atoms. The molecule has 0 aliphatic heterocycles. The lowest BCUT2D eigenvalue weighted by molar-refractivity contribution is 0.00453. The molecule has 0 unspecified atom stereocenters. The number of aliphatic hydroxyl groups excluding tert-OH is 1. The molecule has 0 bridgehead atoms. The number of ether oxygens (including phenoxy) is 2. The lowest BCUT2D eigenvalue weighted by atomic mass is 10.1. The van der Waals surface area contributed by atoms with Crippen molar-refractivity contribution in [1.82, 2.24) is 14.7 Å². The van der Waals surface area contributed by atoms with Crippen molar-refractivity contribution in [1.29, 1.82) is 0 Å². The first-order valence-corrected chi connectivity index (χ1v) is 12.3. The van der Waals surface area contributed by atoms with Crippen LogP contribution in [0.2, 0.25) is 0 Å². The lowest BCUT2D eigenvalue weighted by Crippen LogP contribution is -2.34. The van der Waals surface area contributed by atoms with E-state index in [0.29, 0.717) is 38.0 Å². The third-order valence-corrected chi connectivity index (χ3v) is 5.66. The van der Waals surface area contributed by atoms with Crippen molar-refractivity contribution in [3.63, 3.8) is 0 Å². The van der Waals surface area contributed by atoms with Gasteiger partial charge in [-0.05, 0) is 30.2 Å². The molecular formula is C29H35N3O4. The third kappa shape index (κ3) is 7.07. The average Bonchev–Trinajstić information content (AvgIpc) is 3.48. The van der Waals surface area contributed by atoms with Crippen molar-refractivity contribution in [2.75, 3.05) is 19.8 Å². The lowest BCUT2D eigenvalue weighted by Gasteiger charge is -2.25. The topological polar surface area (TPSA) is 72.9 Å². The zero-order valence-corrected chi connectivity index (χ0v) is 21.2. The van der Waals surface area contributed by atoms with Gasteiger partial charge in [-0.1, -0.05) is 62.4 Å². The van der Waals surface area contributed by atoms with Gasteiger partial charge >= 0.3 is 0 Å². The molecule has 190 valence electrons. The van der Waals surface area contributed by atoms with E-state index in [1.807, 2.05) is 79.8 Å². The summed E-state index contributed by atoms with van der Waals surface area (Å²) in [6, 6.07) is 23.6. The zero-order valence-electron chi connectivity index (χ0n) is 21.2. The van der Waals surface area contributed by atoms with Gasteiger partial charge in [-0.15, -0.1) is 0 Å². The fourth-order valence-electron chi connectivity index (χ4n) is 4.07. The maximum absolute atomic E-state index is 10.8. The first-order chi connectivity index (χ1) is 17.5. The molecule has 0 aliphatic carbocycles. The second kappa shape index (κ2) is 12.5. The monoisotopic (exact) mass is 489 g/mol. The average molecular weight is 490 g/mol. The molecule has 7 heteroatoms. The summed E-state index contributed by atoms with van der Waals surface area (Å²) in [5.74, 6) is 2.63. The Morgan fingerprint density at radius 1 is 0.944 bits per heavy atom. The molecule has 0 saturated carbocycles. The van der Waals surface area contributed by atoms with Gasteiger partial charge in [0.1, 0.15) is 17.2 Å². The fraction of sp³-hybridized carbons (Fsp3) is 0.345. The minimum Gasteiger partial charge on any atom is -0.468 e. The van der Waals surface area contributed by atoms with Crippen LogP contribution in [0.3, 0.4) is 0 Å². The molecule has 2 aromatic carbocycles. The van der Waals surface area contributed by atoms with Gasteiger partial charge in [-0.25, -0.2) is 4.68 Å². The van der Waals surface area contributed by atoms with Crippen molar-refractivity contribution >= 4 is 0 Å². The second-order valence-corrected chi connectivity index (χ2v) is 9.37. The van der Waals surface area contributed by atoms with E-state index in [1.165, 1.54) is 0 Å². The molecule has 0 radical (unpaired) electrons. The quantitative estimate of drug-likeness (QED) is 0.267. The van der Waals surface area contributed by atoms with Crippen LogP contribution in [0.1, 0.15) is 25.2 Å². The maximum atomic E-state index is 10.8. The van der Waals surface area contributed by atoms with Crippen molar-refractivity contribution in [3.8, 4) is 22.9 Å². The van der Waals surface area contributed by atoms with E-state index in [4.69, 9.17) is 19.0 Å². The first-order valence-electron chi connectivity index (χ1n) is 12.3. The summed E-state index contributed by atoms with van der Waals surface area (Å²) in [6.45, 7) is 6.52. The second-order valence-electron chi connectivity index (χ2n) is 9.37. The molecule has 2 aromatic heterocycles. The summed E-state index contributed by atoms with van der Waals surface area (Å²) in [5, 5.41) is 15.6. The Hall–Kier alpha value is -3.39. The molecule has 1 atom stereocenters. The smallest absolute Gasteiger partial charge is 0.222 e. The molecule has 2 heterocycles. The van der Waals surface area contributed by atoms with Crippen molar-refractivity contribution in [2.45, 2.75) is 33.0 Å². The van der Waals surface area contributed by atoms with Gasteiger partial charge in [-0.3, -0.25) is 4.90 Å². The summed E-state index contributed by atoms with van der Waals surface area (Å²) in [6.07, 6.45) is 1.02. The van der Waals surface area contributed by atoms with Gasteiger partial charge in [0, 0.05) is 32.3 Å². The van der Waals surface area contributed by atoms with Gasteiger partial charge in [0.25, 0.3) is 0 Å². The van der Waals surface area contributed by atoms with Crippen LogP contribution in [-0.2, 0) is 24.9 Å². The van der Waals surface area contributed by atoms with Gasteiger partial charge in [0.2, 0.25) is 5.88 Å². The number of benzene rings is 2. The van der Waals surface area contributed by atoms with E-state index in [1.54, 1.807) is 10.9 Å². The molecular weight excluding hydrogens is 454 g/mol. The molecule has 4 aromatic rings. The number of hydrogen-bond donors (Lipinski definition) is 1. The van der Waals surface area contributed by atoms with E-state index in [-0.39, 0.29) is 6.61 Å². The van der Waals surface area contributed by atoms with Crippen molar-refractivity contribution in [2.24, 2.45) is 13.0 Å². The molecule has 0 amide bonds. The number of nitrogens with zero attached hydrogens (tertiary/aromatic N) is 3. The summed E-state index contributed by atoms with van der Waals surface area (Å²) < 4.78 is 19.5. The summed E-state index contributed by atoms with van der Waals surface area (Å²) in [4.78, 5) is 2.14. The number of furan rings is 1. The predicted octanol–water partition coefficient (Wildman–Crippen LogP) is 5.51. The largest absolute Gasteiger partial charge is 0.468 e. The fourth-order valence-corrected chi connectivity index (χ4v) is 4.07. The first kappa shape index (κ1) is 25.7. The highest BCUT2D eigenvalue weighted by atomic mass is 16.5. The Balaban J connectivity index is 1.64. The highest BCUT2D eigenvalue weighted by molar-refractivity contribution is 5.65. The van der Waals surface area contributed by atoms with E-state index < -0.39 is 6.10 Å². The van der Waals surface area contributed by atoms with Crippen LogP contribution in [-0.4, -0.2) is 45.6 Å². The summed E-state index contributed by atoms with van der Waals surface area (Å²) >= 11 is 0. The zero-order chi connectivity index (χ0) is 25.3. The Morgan fingerprint density at radius 2 is 1.67 bits per heavy atom. The summed E-state index contributed by atoms with van der Waals surface area (Å²) in [5.41, 5.74) is 2.79. The highest BCUT2D eigenvalue weighted by Crippen LogP contribution is 2.34. The van der Waals surface area contributed by atoms with Gasteiger partial charge in [-0.2, -0.15) is 5.10 Å². The SMILES string of the molecule is CC(C)COC[C@H](O)CN(Cc1ccco1)Cc1c(-c2ccccc2)nn(C)c1Oc1ccccc1. The van der Waals surface area contributed by atoms with Crippen LogP contribution in [0, 0.1) is 5.92 Å². The van der Waals surface area contributed by atoms with Gasteiger partial charge < -0.3 is 19.0 Å². The summed E-state index contributed by atoms with van der Waals surface area (Å²) in [7, 11) is 1.89. The normalized spacial score (nSPS) is 12.4. The highest BCUT2D eigenvalue weighted by Gasteiger charge is 2.24. The molecule has 0 aliphatic rings. The maximum Gasteiger partial charge on any atom is 0.222 e. The van der Waals surface area contributed by atoms with E-state index >= 15 is 0 Å². The standard InChI is InChI=1S/C29H35N3O4/c1-22(2)20-34-21-24(33)17-32(18-26-15-10-16-35-26)19-27-28(23-11-6-4-7-12-23)30-31(3)29(27)36-25-13-8-5-9-14-25/h4-16,22,24,33H,17-21H2,1-3H3/t24-/m1/s1. The molecule has 1 N–H and O–H groups in total. The van der Waals surface area contributed by atoms with E-state index in [0.717, 1.165) is 28.3 Å². The number of aromatic nitrogens is 2. The van der Waals surface area contributed by atoms with Crippen LogP contribution in [0.5, 0.6) is 11.6 Å². The minimum absolute atomic E-state index is 0.277. The Morgan fingerprint density at radius 3 is 2.33 bits per heavy atom. The predicted molar refractivity (Wildman–Crippen MR) is 140 cm³/mol. The van der Waals surface area contributed by atoms with Crippen LogP contribution in [0.4, 0.5) is 0 Å². The molecule has 7 nitrogen and oxygen atoms in total. The number of aliphatic hydroxyl groups is 1. The molecule has 4 rings (SSSR count). The number of aryl methyl sites for hydroxylation is 1.